The minimum Gasteiger partial charge on any atom is -0.361 e. The summed E-state index contributed by atoms with van der Waals surface area (Å²) >= 11 is 1.51. The van der Waals surface area contributed by atoms with E-state index in [0.717, 1.165) is 40.5 Å². The molecule has 0 bridgehead atoms. The van der Waals surface area contributed by atoms with Crippen molar-refractivity contribution < 1.29 is 4.74 Å². The number of hydrogen-bond donors (Lipinski definition) is 0. The smallest absolute Gasteiger partial charge is 0.189 e. The Morgan fingerprint density at radius 1 is 1.21 bits per heavy atom. The number of fused-ring (bicyclic) bond motifs is 1. The summed E-state index contributed by atoms with van der Waals surface area (Å²) in [4.78, 5) is 9.50. The van der Waals surface area contributed by atoms with Crippen molar-refractivity contribution in [3.63, 3.8) is 0 Å². The molecule has 0 aliphatic rings. The monoisotopic (exact) mass is 424 g/mol. The summed E-state index contributed by atoms with van der Waals surface area (Å²) in [6.07, 6.45) is 3.81. The Morgan fingerprint density at radius 3 is 2.59 bits per heavy atom. The fourth-order valence-electron chi connectivity index (χ4n) is 3.26. The van der Waals surface area contributed by atoms with Gasteiger partial charge >= 0.3 is 0 Å². The Bertz CT molecular complexity index is 1080. The van der Waals surface area contributed by atoms with Crippen LogP contribution in [0, 0.1) is 25.2 Å². The fourth-order valence-corrected chi connectivity index (χ4v) is 4.37. The number of aromatic nitrogens is 3. The van der Waals surface area contributed by atoms with E-state index < -0.39 is 8.07 Å². The lowest BCUT2D eigenvalue weighted by Crippen LogP contribution is -2.22. The molecule has 0 saturated carbocycles. The zero-order valence-corrected chi connectivity index (χ0v) is 19.9. The average Bonchev–Trinajstić information content (AvgIpc) is 3.02. The fraction of sp³-hybridized carbons (Fsp3) is 0.409. The van der Waals surface area contributed by atoms with Crippen LogP contribution in [0.5, 0.6) is 0 Å². The Kier molecular flexibility index (Phi) is 6.47. The third kappa shape index (κ3) is 4.89. The van der Waals surface area contributed by atoms with Gasteiger partial charge in [-0.05, 0) is 31.7 Å². The Balaban J connectivity index is 2.09. The van der Waals surface area contributed by atoms with Crippen molar-refractivity contribution in [3.8, 4) is 17.3 Å². The number of hydrogen-bond acceptors (Lipinski definition) is 5. The molecule has 0 saturated heterocycles. The summed E-state index contributed by atoms with van der Waals surface area (Å²) in [5.74, 6) is 0. The van der Waals surface area contributed by atoms with Crippen LogP contribution in [0.2, 0.25) is 25.7 Å². The lowest BCUT2D eigenvalue weighted by Gasteiger charge is -2.15. The Labute approximate surface area is 178 Å². The first-order valence-electron chi connectivity index (χ1n) is 9.74. The van der Waals surface area contributed by atoms with E-state index >= 15 is 0 Å². The van der Waals surface area contributed by atoms with Crippen LogP contribution >= 0.6 is 11.8 Å². The molecule has 0 fully saturated rings. The second-order valence-corrected chi connectivity index (χ2v) is 14.9. The van der Waals surface area contributed by atoms with Crippen LogP contribution in [0.1, 0.15) is 16.7 Å². The summed E-state index contributed by atoms with van der Waals surface area (Å²) in [6, 6.07) is 9.74. The Hall–Kier alpha value is -2.14. The second-order valence-electron chi connectivity index (χ2n) is 8.55. The van der Waals surface area contributed by atoms with Crippen molar-refractivity contribution in [2.24, 2.45) is 0 Å². The molecule has 2 heterocycles. The molecule has 0 radical (unpaired) electrons. The molecular weight excluding hydrogens is 396 g/mol. The van der Waals surface area contributed by atoms with Gasteiger partial charge in [-0.3, -0.25) is 0 Å². The van der Waals surface area contributed by atoms with E-state index in [1.165, 1.54) is 17.3 Å². The van der Waals surface area contributed by atoms with Crippen LogP contribution < -0.4 is 0 Å². The third-order valence-electron chi connectivity index (χ3n) is 4.86. The van der Waals surface area contributed by atoms with Crippen molar-refractivity contribution in [1.82, 2.24) is 14.5 Å². The van der Waals surface area contributed by atoms with Gasteiger partial charge in [0.05, 0.1) is 16.6 Å². The maximum absolute atomic E-state index is 9.78. The molecule has 1 aromatic carbocycles. The summed E-state index contributed by atoms with van der Waals surface area (Å²) < 4.78 is 7.88. The van der Waals surface area contributed by atoms with Gasteiger partial charge in [0.15, 0.2) is 5.16 Å². The van der Waals surface area contributed by atoms with E-state index in [1.807, 2.05) is 17.0 Å². The lowest BCUT2D eigenvalue weighted by atomic mass is 10.00. The highest BCUT2D eigenvalue weighted by molar-refractivity contribution is 7.98. The molecule has 152 valence electrons. The summed E-state index contributed by atoms with van der Waals surface area (Å²) in [7, 11) is -1.15. The van der Waals surface area contributed by atoms with Gasteiger partial charge < -0.3 is 9.30 Å². The number of aryl methyl sites for hydroxylation is 2. The van der Waals surface area contributed by atoms with E-state index in [4.69, 9.17) is 14.7 Å². The van der Waals surface area contributed by atoms with Gasteiger partial charge in [-0.25, -0.2) is 9.97 Å². The molecule has 29 heavy (non-hydrogen) atoms. The zero-order chi connectivity index (χ0) is 21.2. The van der Waals surface area contributed by atoms with Crippen molar-refractivity contribution in [2.75, 3.05) is 12.9 Å². The van der Waals surface area contributed by atoms with Crippen LogP contribution in [0.3, 0.4) is 0 Å². The number of thioether (sulfide) groups is 1. The molecule has 2 aromatic heterocycles. The standard InChI is InChI=1S/C22H28N4OSSi/c1-15-7-8-18(16(2)11-15)20-19-17(12-23)13-26(14-27-9-10-29(4,5)6)21(19)25-22(24-20)28-3/h7-8,11,13H,9-10,14H2,1-6H3. The lowest BCUT2D eigenvalue weighted by molar-refractivity contribution is 0.0898. The number of nitriles is 1. The largest absolute Gasteiger partial charge is 0.361 e. The number of ether oxygens (including phenoxy) is 1. The first-order chi connectivity index (χ1) is 13.7. The van der Waals surface area contributed by atoms with Crippen molar-refractivity contribution >= 4 is 30.9 Å². The molecule has 5 nitrogen and oxygen atoms in total. The molecule has 0 unspecified atom stereocenters. The van der Waals surface area contributed by atoms with Gasteiger partial charge in [-0.15, -0.1) is 0 Å². The first-order valence-corrected chi connectivity index (χ1v) is 14.7. The zero-order valence-electron chi connectivity index (χ0n) is 18.0. The highest BCUT2D eigenvalue weighted by Gasteiger charge is 2.20. The highest BCUT2D eigenvalue weighted by atomic mass is 32.2. The predicted molar refractivity (Wildman–Crippen MR) is 123 cm³/mol. The van der Waals surface area contributed by atoms with E-state index in [1.54, 1.807) is 0 Å². The normalized spacial score (nSPS) is 11.8. The highest BCUT2D eigenvalue weighted by Crippen LogP contribution is 2.33. The molecule has 7 heteroatoms. The van der Waals surface area contributed by atoms with Crippen molar-refractivity contribution in [3.05, 3.63) is 41.1 Å². The first kappa shape index (κ1) is 21.6. The molecule has 3 aromatic rings. The summed E-state index contributed by atoms with van der Waals surface area (Å²) in [6.45, 7) is 12.3. The molecule has 0 amide bonds. The molecule has 3 rings (SSSR count). The van der Waals surface area contributed by atoms with E-state index in [9.17, 15) is 5.26 Å². The Morgan fingerprint density at radius 2 is 1.97 bits per heavy atom. The van der Waals surface area contributed by atoms with Crippen molar-refractivity contribution in [2.45, 2.75) is 51.4 Å². The second kappa shape index (κ2) is 8.70. The number of nitrogens with zero attached hydrogens (tertiary/aromatic N) is 4. The summed E-state index contributed by atoms with van der Waals surface area (Å²) in [5, 5.41) is 11.3. The van der Waals surface area contributed by atoms with Gasteiger partial charge in [-0.2, -0.15) is 5.26 Å². The molecule has 0 atom stereocenters. The van der Waals surface area contributed by atoms with Gasteiger partial charge in [0, 0.05) is 26.4 Å². The van der Waals surface area contributed by atoms with Gasteiger partial charge in [-0.1, -0.05) is 55.2 Å². The van der Waals surface area contributed by atoms with Crippen LogP contribution in [0.4, 0.5) is 0 Å². The van der Waals surface area contributed by atoms with E-state index in [0.29, 0.717) is 17.5 Å². The molecular formula is C22H28N4OSSi. The average molecular weight is 425 g/mol. The minimum absolute atomic E-state index is 0.389. The molecule has 0 spiro atoms. The number of benzene rings is 1. The van der Waals surface area contributed by atoms with Gasteiger partial charge in [0.2, 0.25) is 0 Å². The predicted octanol–water partition coefficient (Wildman–Crippen LogP) is 5.62. The SMILES string of the molecule is CSc1nc(-c2ccc(C)cc2C)c2c(C#N)cn(COCC[Si](C)(C)C)c2n1. The van der Waals surface area contributed by atoms with Crippen LogP contribution in [-0.2, 0) is 11.5 Å². The van der Waals surface area contributed by atoms with Gasteiger partial charge in [0.1, 0.15) is 18.4 Å². The number of rotatable bonds is 7. The van der Waals surface area contributed by atoms with E-state index in [-0.39, 0.29) is 0 Å². The van der Waals surface area contributed by atoms with Gasteiger partial charge in [0.25, 0.3) is 0 Å². The van der Waals surface area contributed by atoms with Crippen LogP contribution in [0.25, 0.3) is 22.3 Å². The molecule has 0 N–H and O–H groups in total. The minimum atomic E-state index is -1.15. The van der Waals surface area contributed by atoms with E-state index in [2.05, 4.69) is 57.8 Å². The summed E-state index contributed by atoms with van der Waals surface area (Å²) in [5.41, 5.74) is 5.53. The quantitative estimate of drug-likeness (QED) is 0.213. The maximum atomic E-state index is 9.78. The maximum Gasteiger partial charge on any atom is 0.189 e. The van der Waals surface area contributed by atoms with Crippen molar-refractivity contribution in [1.29, 1.82) is 5.26 Å². The molecule has 0 aliphatic heterocycles. The molecule has 0 aliphatic carbocycles. The third-order valence-corrected chi connectivity index (χ3v) is 7.11. The van der Waals surface area contributed by atoms with Crippen LogP contribution in [0.15, 0.2) is 29.6 Å². The topological polar surface area (TPSA) is 63.7 Å². The van der Waals surface area contributed by atoms with Crippen LogP contribution in [-0.4, -0.2) is 35.5 Å².